The lowest BCUT2D eigenvalue weighted by Gasteiger charge is -2.08. The van der Waals surface area contributed by atoms with Crippen LogP contribution in [-0.2, 0) is 6.18 Å². The van der Waals surface area contributed by atoms with Gasteiger partial charge in [0.25, 0.3) is 0 Å². The molecule has 0 radical (unpaired) electrons. The lowest BCUT2D eigenvalue weighted by atomic mass is 10.1. The van der Waals surface area contributed by atoms with Crippen molar-refractivity contribution >= 4 is 21.9 Å². The van der Waals surface area contributed by atoms with Crippen molar-refractivity contribution in [3.63, 3.8) is 0 Å². The van der Waals surface area contributed by atoms with E-state index < -0.39 is 17.7 Å². The van der Waals surface area contributed by atoms with Crippen LogP contribution in [0.5, 0.6) is 0 Å². The molecule has 1 N–H and O–H groups in total. The zero-order chi connectivity index (χ0) is 14.9. The molecule has 104 valence electrons. The molecule has 0 aliphatic carbocycles. The maximum atomic E-state index is 12.4. The van der Waals surface area contributed by atoms with Gasteiger partial charge in [-0.2, -0.15) is 13.2 Å². The van der Waals surface area contributed by atoms with E-state index in [9.17, 15) is 18.0 Å². The number of carboxylic acids is 1. The predicted molar refractivity (Wildman–Crippen MR) is 69.3 cm³/mol. The molecule has 0 aliphatic rings. The zero-order valence-electron chi connectivity index (χ0n) is 9.78. The first kappa shape index (κ1) is 14.5. The lowest BCUT2D eigenvalue weighted by Crippen LogP contribution is -2.04. The Bertz CT molecular complexity index is 654. The molecule has 0 bridgehead atoms. The summed E-state index contributed by atoms with van der Waals surface area (Å²) in [5.41, 5.74) is -0.0703. The number of carbonyl (C=O) groups is 1. The highest BCUT2D eigenvalue weighted by atomic mass is 79.9. The molecule has 0 atom stereocenters. The Morgan fingerprint density at radius 2 is 1.80 bits per heavy atom. The molecule has 0 saturated carbocycles. The Hall–Kier alpha value is -1.89. The maximum absolute atomic E-state index is 12.4. The standard InChI is InChI=1S/C13H7BrF3NO2/c14-10-6-18-11(5-9(10)12(19)20)7-1-3-8(4-2-7)13(15,16)17/h1-6H,(H,19,20). The maximum Gasteiger partial charge on any atom is 0.416 e. The summed E-state index contributed by atoms with van der Waals surface area (Å²) in [5.74, 6) is -1.15. The summed E-state index contributed by atoms with van der Waals surface area (Å²) >= 11 is 3.05. The van der Waals surface area contributed by atoms with E-state index in [1.807, 2.05) is 0 Å². The molecular weight excluding hydrogens is 339 g/mol. The van der Waals surface area contributed by atoms with Gasteiger partial charge in [0.2, 0.25) is 0 Å². The summed E-state index contributed by atoms with van der Waals surface area (Å²) in [6, 6.07) is 5.67. The van der Waals surface area contributed by atoms with Crippen LogP contribution >= 0.6 is 15.9 Å². The number of hydrogen-bond acceptors (Lipinski definition) is 2. The van der Waals surface area contributed by atoms with Gasteiger partial charge in [-0.15, -0.1) is 0 Å². The second-order valence-electron chi connectivity index (χ2n) is 3.93. The third kappa shape index (κ3) is 2.98. The van der Waals surface area contributed by atoms with E-state index >= 15 is 0 Å². The number of halogens is 4. The first-order valence-electron chi connectivity index (χ1n) is 5.35. The second kappa shape index (κ2) is 5.24. The lowest BCUT2D eigenvalue weighted by molar-refractivity contribution is -0.137. The van der Waals surface area contributed by atoms with Crippen molar-refractivity contribution in [2.45, 2.75) is 6.18 Å². The average Bonchev–Trinajstić information content (AvgIpc) is 2.38. The molecule has 1 aromatic heterocycles. The third-order valence-corrected chi connectivity index (χ3v) is 3.23. The summed E-state index contributed by atoms with van der Waals surface area (Å²) in [7, 11) is 0. The Labute approximate surface area is 120 Å². The Morgan fingerprint density at radius 1 is 1.20 bits per heavy atom. The number of hydrogen-bond donors (Lipinski definition) is 1. The predicted octanol–water partition coefficient (Wildman–Crippen LogP) is 4.23. The minimum absolute atomic E-state index is 0.00472. The summed E-state index contributed by atoms with van der Waals surface area (Å²) in [4.78, 5) is 15.0. The molecule has 2 rings (SSSR count). The van der Waals surface area contributed by atoms with Crippen LogP contribution in [0.25, 0.3) is 11.3 Å². The summed E-state index contributed by atoms with van der Waals surface area (Å²) in [6.45, 7) is 0. The van der Waals surface area contributed by atoms with E-state index in [2.05, 4.69) is 20.9 Å². The van der Waals surface area contributed by atoms with E-state index in [0.717, 1.165) is 12.1 Å². The zero-order valence-corrected chi connectivity index (χ0v) is 11.4. The fourth-order valence-electron chi connectivity index (χ4n) is 1.59. The molecule has 1 aromatic carbocycles. The molecule has 3 nitrogen and oxygen atoms in total. The van der Waals surface area contributed by atoms with Gasteiger partial charge in [0.1, 0.15) is 0 Å². The highest BCUT2D eigenvalue weighted by molar-refractivity contribution is 9.10. The van der Waals surface area contributed by atoms with Gasteiger partial charge in [-0.25, -0.2) is 4.79 Å². The van der Waals surface area contributed by atoms with Gasteiger partial charge in [-0.3, -0.25) is 4.98 Å². The van der Waals surface area contributed by atoms with Crippen LogP contribution in [-0.4, -0.2) is 16.1 Å². The summed E-state index contributed by atoms with van der Waals surface area (Å²) in [5, 5.41) is 8.98. The molecular formula is C13H7BrF3NO2. The highest BCUT2D eigenvalue weighted by Gasteiger charge is 2.30. The van der Waals surface area contributed by atoms with Crippen molar-refractivity contribution in [3.8, 4) is 11.3 Å². The van der Waals surface area contributed by atoms with E-state index in [0.29, 0.717) is 15.7 Å². The summed E-state index contributed by atoms with van der Waals surface area (Å²) in [6.07, 6.45) is -3.10. The fourth-order valence-corrected chi connectivity index (χ4v) is 1.98. The van der Waals surface area contributed by atoms with Crippen LogP contribution in [0.2, 0.25) is 0 Å². The van der Waals surface area contributed by atoms with E-state index in [1.165, 1.54) is 24.4 Å². The van der Waals surface area contributed by atoms with Gasteiger partial charge in [0.05, 0.1) is 21.3 Å². The first-order valence-corrected chi connectivity index (χ1v) is 6.15. The van der Waals surface area contributed by atoms with Crippen molar-refractivity contribution in [3.05, 3.63) is 52.1 Å². The van der Waals surface area contributed by atoms with Gasteiger partial charge in [0, 0.05) is 11.8 Å². The first-order chi connectivity index (χ1) is 9.29. The third-order valence-electron chi connectivity index (χ3n) is 2.59. The number of rotatable bonds is 2. The smallest absolute Gasteiger partial charge is 0.416 e. The quantitative estimate of drug-likeness (QED) is 0.886. The fraction of sp³-hybridized carbons (Fsp3) is 0.0769. The Kier molecular flexibility index (Phi) is 3.80. The van der Waals surface area contributed by atoms with E-state index in [1.54, 1.807) is 0 Å². The average molecular weight is 346 g/mol. The van der Waals surface area contributed by atoms with Gasteiger partial charge in [-0.1, -0.05) is 12.1 Å². The van der Waals surface area contributed by atoms with Crippen LogP contribution in [0.4, 0.5) is 13.2 Å². The van der Waals surface area contributed by atoms with Gasteiger partial charge < -0.3 is 5.11 Å². The molecule has 2 aromatic rings. The van der Waals surface area contributed by atoms with Crippen molar-refractivity contribution < 1.29 is 23.1 Å². The topological polar surface area (TPSA) is 50.2 Å². The van der Waals surface area contributed by atoms with Gasteiger partial charge in [0.15, 0.2) is 0 Å². The molecule has 1 heterocycles. The molecule has 20 heavy (non-hydrogen) atoms. The van der Waals surface area contributed by atoms with Crippen molar-refractivity contribution in [1.82, 2.24) is 4.98 Å². The Morgan fingerprint density at radius 3 is 2.30 bits per heavy atom. The largest absolute Gasteiger partial charge is 0.478 e. The minimum Gasteiger partial charge on any atom is -0.478 e. The van der Waals surface area contributed by atoms with Crippen LogP contribution in [0.1, 0.15) is 15.9 Å². The molecule has 0 aliphatic heterocycles. The minimum atomic E-state index is -4.40. The number of aromatic nitrogens is 1. The second-order valence-corrected chi connectivity index (χ2v) is 4.78. The number of benzene rings is 1. The number of pyridine rings is 1. The number of nitrogens with zero attached hydrogens (tertiary/aromatic N) is 1. The van der Waals surface area contributed by atoms with Crippen molar-refractivity contribution in [1.29, 1.82) is 0 Å². The van der Waals surface area contributed by atoms with Crippen molar-refractivity contribution in [2.24, 2.45) is 0 Å². The molecule has 7 heteroatoms. The van der Waals surface area contributed by atoms with Crippen LogP contribution in [0, 0.1) is 0 Å². The molecule has 0 saturated heterocycles. The highest BCUT2D eigenvalue weighted by Crippen LogP contribution is 2.31. The molecule has 0 unspecified atom stereocenters. The van der Waals surface area contributed by atoms with Crippen LogP contribution < -0.4 is 0 Å². The number of alkyl halides is 3. The number of carboxylic acid groups (broad SMARTS) is 1. The normalized spacial score (nSPS) is 11.4. The van der Waals surface area contributed by atoms with Crippen LogP contribution in [0.3, 0.4) is 0 Å². The van der Waals surface area contributed by atoms with E-state index in [-0.39, 0.29) is 5.56 Å². The van der Waals surface area contributed by atoms with Gasteiger partial charge >= 0.3 is 12.1 Å². The summed E-state index contributed by atoms with van der Waals surface area (Å²) < 4.78 is 37.6. The Balaban J connectivity index is 2.42. The monoisotopic (exact) mass is 345 g/mol. The SMILES string of the molecule is O=C(O)c1cc(-c2ccc(C(F)(F)F)cc2)ncc1Br. The van der Waals surface area contributed by atoms with E-state index in [4.69, 9.17) is 5.11 Å². The number of aromatic carboxylic acids is 1. The molecule has 0 amide bonds. The molecule has 0 spiro atoms. The van der Waals surface area contributed by atoms with Crippen molar-refractivity contribution in [2.75, 3.05) is 0 Å². The van der Waals surface area contributed by atoms with Gasteiger partial charge in [-0.05, 0) is 34.1 Å². The molecule has 0 fully saturated rings. The van der Waals surface area contributed by atoms with Crippen LogP contribution in [0.15, 0.2) is 41.0 Å².